The molecule has 0 saturated carbocycles. The van der Waals surface area contributed by atoms with Crippen molar-refractivity contribution in [1.29, 1.82) is 0 Å². The van der Waals surface area contributed by atoms with E-state index < -0.39 is 11.2 Å². The maximum Gasteiger partial charge on any atom is 0.254 e. The van der Waals surface area contributed by atoms with Gasteiger partial charge in [0.25, 0.3) is 5.91 Å². The van der Waals surface area contributed by atoms with Crippen LogP contribution in [0.2, 0.25) is 0 Å². The highest BCUT2D eigenvalue weighted by Crippen LogP contribution is 2.46. The van der Waals surface area contributed by atoms with Crippen LogP contribution in [0.4, 0.5) is 0 Å². The second-order valence-corrected chi connectivity index (χ2v) is 8.76. The minimum absolute atomic E-state index is 0.00648. The molecule has 27 heavy (non-hydrogen) atoms. The molecule has 6 heteroatoms. The van der Waals surface area contributed by atoms with Crippen LogP contribution in [-0.4, -0.2) is 41.3 Å². The number of likely N-dealkylation sites (tertiary alicyclic amines) is 1. The van der Waals surface area contributed by atoms with Gasteiger partial charge in [-0.3, -0.25) is 4.79 Å². The maximum atomic E-state index is 12.9. The Morgan fingerprint density at radius 3 is 2.74 bits per heavy atom. The van der Waals surface area contributed by atoms with Gasteiger partial charge in [0.2, 0.25) is 0 Å². The smallest absolute Gasteiger partial charge is 0.254 e. The van der Waals surface area contributed by atoms with Crippen LogP contribution >= 0.6 is 0 Å². The maximum absolute atomic E-state index is 12.9. The van der Waals surface area contributed by atoms with E-state index in [1.807, 2.05) is 17.0 Å². The van der Waals surface area contributed by atoms with Gasteiger partial charge in [-0.2, -0.15) is 0 Å². The molecule has 4 rings (SSSR count). The van der Waals surface area contributed by atoms with Crippen molar-refractivity contribution in [3.05, 3.63) is 59.2 Å². The second-order valence-electron chi connectivity index (χ2n) is 7.38. The van der Waals surface area contributed by atoms with Gasteiger partial charge in [-0.1, -0.05) is 18.2 Å². The predicted octanol–water partition coefficient (Wildman–Crippen LogP) is 2.45. The molecule has 2 N–H and O–H groups in total. The molecular formula is C21H24N2O3S. The summed E-state index contributed by atoms with van der Waals surface area (Å²) in [6.45, 7) is 2.56. The zero-order valence-corrected chi connectivity index (χ0v) is 16.3. The Labute approximate surface area is 162 Å². The van der Waals surface area contributed by atoms with E-state index in [4.69, 9.17) is 10.5 Å². The zero-order chi connectivity index (χ0) is 19.0. The molecule has 1 unspecified atom stereocenters. The molecule has 1 atom stereocenters. The summed E-state index contributed by atoms with van der Waals surface area (Å²) in [6, 6.07) is 13.3. The topological polar surface area (TPSA) is 78.6 Å². The summed E-state index contributed by atoms with van der Waals surface area (Å²) in [5.41, 5.74) is 8.74. The number of hydrogen-bond acceptors (Lipinski definition) is 4. The fourth-order valence-electron chi connectivity index (χ4n) is 4.08. The first-order valence-electron chi connectivity index (χ1n) is 9.21. The first-order valence-corrected chi connectivity index (χ1v) is 10.8. The standard InChI is InChI=1S/C21H24N2O3S/c1-27(25)17-4-2-3-16(12-17)20(24)23-9-7-21(8-10-23)14-26-19-6-5-15(13-22)11-18(19)21/h2-6,11-12H,7-10,13-14,22H2,1H3. The number of hydrogen-bond donors (Lipinski definition) is 1. The Kier molecular flexibility index (Phi) is 4.88. The van der Waals surface area contributed by atoms with Gasteiger partial charge in [-0.25, -0.2) is 0 Å². The predicted molar refractivity (Wildman–Crippen MR) is 105 cm³/mol. The fraction of sp³-hybridized carbons (Fsp3) is 0.381. The lowest BCUT2D eigenvalue weighted by atomic mass is 9.74. The largest absolute Gasteiger partial charge is 0.612 e. The quantitative estimate of drug-likeness (QED) is 0.825. The first kappa shape index (κ1) is 18.3. The lowest BCUT2D eigenvalue weighted by molar-refractivity contribution is 0.0646. The van der Waals surface area contributed by atoms with Crippen molar-refractivity contribution >= 4 is 17.1 Å². The number of nitrogens with zero attached hydrogens (tertiary/aromatic N) is 1. The third-order valence-electron chi connectivity index (χ3n) is 5.78. The summed E-state index contributed by atoms with van der Waals surface area (Å²) in [7, 11) is 0. The summed E-state index contributed by atoms with van der Waals surface area (Å²) in [5.74, 6) is 0.956. The minimum atomic E-state index is -1.09. The van der Waals surface area contributed by atoms with Gasteiger partial charge in [-0.15, -0.1) is 0 Å². The molecule has 1 saturated heterocycles. The molecule has 2 aromatic carbocycles. The number of nitrogens with two attached hydrogens (primary N) is 1. The number of amides is 1. The summed E-state index contributed by atoms with van der Waals surface area (Å²) < 4.78 is 17.6. The van der Waals surface area contributed by atoms with E-state index in [0.29, 0.717) is 36.7 Å². The van der Waals surface area contributed by atoms with E-state index in [1.165, 1.54) is 5.56 Å². The van der Waals surface area contributed by atoms with Gasteiger partial charge in [0.05, 0.1) is 6.61 Å². The van der Waals surface area contributed by atoms with E-state index in [9.17, 15) is 9.35 Å². The normalized spacial score (nSPS) is 18.9. The summed E-state index contributed by atoms with van der Waals surface area (Å²) >= 11 is -1.09. The molecular weight excluding hydrogens is 360 g/mol. The highest BCUT2D eigenvalue weighted by atomic mass is 32.2. The molecule has 2 aliphatic heterocycles. The van der Waals surface area contributed by atoms with E-state index in [2.05, 4.69) is 6.07 Å². The highest BCUT2D eigenvalue weighted by Gasteiger charge is 2.44. The number of ether oxygens (including phenoxy) is 1. The minimum Gasteiger partial charge on any atom is -0.612 e. The van der Waals surface area contributed by atoms with Crippen LogP contribution in [0, 0.1) is 0 Å². The average molecular weight is 385 g/mol. The zero-order valence-electron chi connectivity index (χ0n) is 15.4. The molecule has 0 aromatic heterocycles. The summed E-state index contributed by atoms with van der Waals surface area (Å²) in [5, 5.41) is 0. The van der Waals surface area contributed by atoms with Crippen LogP contribution in [0.5, 0.6) is 5.75 Å². The Balaban J connectivity index is 1.50. The van der Waals surface area contributed by atoms with Crippen LogP contribution in [0.1, 0.15) is 34.3 Å². The SMILES string of the molecule is C[S+]([O-])c1cccc(C(=O)N2CCC3(CC2)COc2ccc(CN)cc23)c1. The summed E-state index contributed by atoms with van der Waals surface area (Å²) in [6.07, 6.45) is 3.37. The van der Waals surface area contributed by atoms with Crippen molar-refractivity contribution in [2.75, 3.05) is 26.0 Å². The Bertz CT molecular complexity index is 860. The van der Waals surface area contributed by atoms with Crippen molar-refractivity contribution < 1.29 is 14.1 Å². The molecule has 1 spiro atoms. The van der Waals surface area contributed by atoms with Gasteiger partial charge in [0.15, 0.2) is 4.90 Å². The number of piperidine rings is 1. The van der Waals surface area contributed by atoms with E-state index in [-0.39, 0.29) is 11.3 Å². The van der Waals surface area contributed by atoms with E-state index >= 15 is 0 Å². The number of rotatable bonds is 3. The molecule has 0 radical (unpaired) electrons. The van der Waals surface area contributed by atoms with Crippen molar-refractivity contribution in [1.82, 2.24) is 4.90 Å². The number of benzene rings is 2. The molecule has 2 heterocycles. The van der Waals surface area contributed by atoms with Crippen LogP contribution < -0.4 is 10.5 Å². The fourth-order valence-corrected chi connectivity index (χ4v) is 4.64. The Morgan fingerprint density at radius 1 is 1.26 bits per heavy atom. The molecule has 2 aliphatic rings. The lowest BCUT2D eigenvalue weighted by Crippen LogP contribution is -2.46. The van der Waals surface area contributed by atoms with Gasteiger partial charge >= 0.3 is 0 Å². The average Bonchev–Trinajstić information content (AvgIpc) is 3.05. The van der Waals surface area contributed by atoms with Crippen molar-refractivity contribution in [2.45, 2.75) is 29.7 Å². The van der Waals surface area contributed by atoms with Crippen molar-refractivity contribution in [3.8, 4) is 5.75 Å². The Morgan fingerprint density at radius 2 is 2.04 bits per heavy atom. The summed E-state index contributed by atoms with van der Waals surface area (Å²) in [4.78, 5) is 15.5. The van der Waals surface area contributed by atoms with E-state index in [0.717, 1.165) is 24.2 Å². The molecule has 5 nitrogen and oxygen atoms in total. The van der Waals surface area contributed by atoms with Gasteiger partial charge in [-0.05, 0) is 47.8 Å². The third-order valence-corrected chi connectivity index (χ3v) is 6.69. The van der Waals surface area contributed by atoms with Crippen LogP contribution in [0.3, 0.4) is 0 Å². The number of carbonyl (C=O) groups excluding carboxylic acids is 1. The van der Waals surface area contributed by atoms with Gasteiger partial charge in [0, 0.05) is 42.2 Å². The van der Waals surface area contributed by atoms with Crippen molar-refractivity contribution in [3.63, 3.8) is 0 Å². The molecule has 2 aromatic rings. The van der Waals surface area contributed by atoms with Crippen LogP contribution in [0.15, 0.2) is 47.4 Å². The third kappa shape index (κ3) is 3.33. The van der Waals surface area contributed by atoms with Crippen molar-refractivity contribution in [2.24, 2.45) is 5.73 Å². The van der Waals surface area contributed by atoms with Crippen LogP contribution in [0.25, 0.3) is 0 Å². The molecule has 1 amide bonds. The second kappa shape index (κ2) is 7.19. The molecule has 1 fully saturated rings. The molecule has 0 bridgehead atoms. The number of carbonyl (C=O) groups is 1. The van der Waals surface area contributed by atoms with Gasteiger partial charge in [0.1, 0.15) is 12.0 Å². The van der Waals surface area contributed by atoms with Gasteiger partial charge < -0.3 is 19.9 Å². The lowest BCUT2D eigenvalue weighted by Gasteiger charge is -2.38. The Hall–Kier alpha value is -2.02. The number of fused-ring (bicyclic) bond motifs is 2. The first-order chi connectivity index (χ1) is 13.0. The monoisotopic (exact) mass is 384 g/mol. The van der Waals surface area contributed by atoms with Crippen LogP contribution in [-0.2, 0) is 23.1 Å². The molecule has 0 aliphatic carbocycles. The molecule has 142 valence electrons. The highest BCUT2D eigenvalue weighted by molar-refractivity contribution is 7.90. The van der Waals surface area contributed by atoms with E-state index in [1.54, 1.807) is 30.5 Å².